The number of carboxylic acids is 2. The third kappa shape index (κ3) is 10.5. The summed E-state index contributed by atoms with van der Waals surface area (Å²) in [5, 5.41) is 28.3. The van der Waals surface area contributed by atoms with Gasteiger partial charge in [0.05, 0.1) is 44.6 Å². The molecule has 2 aliphatic heterocycles. The molecule has 3 aliphatic rings. The van der Waals surface area contributed by atoms with Crippen molar-refractivity contribution in [2.75, 3.05) is 26.1 Å². The normalized spacial score (nSPS) is 12.9. The molecule has 340 valence electrons. The van der Waals surface area contributed by atoms with E-state index in [-0.39, 0.29) is 58.1 Å². The summed E-state index contributed by atoms with van der Waals surface area (Å²) in [4.78, 5) is 101. The molecule has 0 bridgehead atoms. The Kier molecular flexibility index (Phi) is 14.8. The molecule has 0 radical (unpaired) electrons. The molecule has 0 unspecified atom stereocenters. The predicted molar refractivity (Wildman–Crippen MR) is 251 cm³/mol. The Bertz CT molecular complexity index is 2970. The molecule has 14 nitrogen and oxygen atoms in total. The molecule has 1 aliphatic carbocycles. The van der Waals surface area contributed by atoms with Crippen molar-refractivity contribution in [2.24, 2.45) is 0 Å². The zero-order valence-electron chi connectivity index (χ0n) is 37.4. The lowest BCUT2D eigenvalue weighted by molar-refractivity contribution is 0.0680. The third-order valence-corrected chi connectivity index (χ3v) is 11.0. The number of ketones is 1. The molecule has 0 spiro atoms. The summed E-state index contributed by atoms with van der Waals surface area (Å²) in [6.45, 7) is 3.87. The van der Waals surface area contributed by atoms with E-state index in [0.717, 1.165) is 28.7 Å². The van der Waals surface area contributed by atoms with E-state index in [0.29, 0.717) is 50.2 Å². The molecule has 0 saturated heterocycles. The van der Waals surface area contributed by atoms with Gasteiger partial charge in [0.2, 0.25) is 0 Å². The summed E-state index contributed by atoms with van der Waals surface area (Å²) in [5.41, 5.74) is 6.81. The van der Waals surface area contributed by atoms with E-state index in [1.165, 1.54) is 74.7 Å². The maximum Gasteiger partial charge on any atom is 0.336 e. The quantitative estimate of drug-likeness (QED) is 0.0799. The smallest absolute Gasteiger partial charge is 0.336 e. The monoisotopic (exact) mass is 901 g/mol. The van der Waals surface area contributed by atoms with Crippen LogP contribution in [0.2, 0.25) is 0 Å². The molecule has 0 atom stereocenters. The van der Waals surface area contributed by atoms with Crippen molar-refractivity contribution in [3.05, 3.63) is 183 Å². The lowest BCUT2D eigenvalue weighted by Gasteiger charge is -2.13. The van der Waals surface area contributed by atoms with Gasteiger partial charge >= 0.3 is 11.9 Å². The van der Waals surface area contributed by atoms with Gasteiger partial charge in [0.25, 0.3) is 29.5 Å². The molecule has 4 N–H and O–H groups in total. The van der Waals surface area contributed by atoms with Gasteiger partial charge in [-0.15, -0.1) is 0 Å². The third-order valence-electron chi connectivity index (χ3n) is 11.0. The second kappa shape index (κ2) is 20.6. The van der Waals surface area contributed by atoms with Crippen LogP contribution in [0.3, 0.4) is 0 Å². The first kappa shape index (κ1) is 48.1. The number of aryl methyl sites for hydroxylation is 2. The Balaban J connectivity index is 0.000000201. The fourth-order valence-corrected chi connectivity index (χ4v) is 7.25. The number of carbonyl (C=O) groups excluding carboxylic acids is 6. The molecule has 6 aromatic carbocycles. The summed E-state index contributed by atoms with van der Waals surface area (Å²) in [5.74, 6) is -4.82. The first-order chi connectivity index (χ1) is 32.1. The van der Waals surface area contributed by atoms with E-state index in [1.807, 2.05) is 50.2 Å². The minimum absolute atomic E-state index is 0.0332. The number of anilines is 1. The van der Waals surface area contributed by atoms with Crippen LogP contribution >= 0.6 is 0 Å². The molecule has 5 amide bonds. The highest BCUT2D eigenvalue weighted by molar-refractivity contribution is 6.34. The van der Waals surface area contributed by atoms with Gasteiger partial charge in [0, 0.05) is 33.2 Å². The van der Waals surface area contributed by atoms with Crippen LogP contribution in [0.1, 0.15) is 119 Å². The van der Waals surface area contributed by atoms with Gasteiger partial charge < -0.3 is 20.6 Å². The first-order valence-corrected chi connectivity index (χ1v) is 21.1. The Morgan fingerprint density at radius 3 is 1.40 bits per heavy atom. The second-order valence-corrected chi connectivity index (χ2v) is 15.8. The largest absolute Gasteiger partial charge is 0.478 e. The van der Waals surface area contributed by atoms with Gasteiger partial charge in [-0.25, -0.2) is 14.5 Å². The number of amides is 5. The van der Waals surface area contributed by atoms with Crippen molar-refractivity contribution < 1.29 is 53.7 Å². The van der Waals surface area contributed by atoms with E-state index in [1.54, 1.807) is 48.5 Å². The van der Waals surface area contributed by atoms with Crippen LogP contribution in [0, 0.1) is 13.8 Å². The van der Waals surface area contributed by atoms with Crippen molar-refractivity contribution in [3.63, 3.8) is 0 Å². The van der Waals surface area contributed by atoms with E-state index >= 15 is 0 Å². The highest BCUT2D eigenvalue weighted by Gasteiger charge is 2.37. The number of nitrogens with one attached hydrogen (secondary N) is 1. The zero-order chi connectivity index (χ0) is 48.7. The van der Waals surface area contributed by atoms with Crippen molar-refractivity contribution >= 4 is 52.9 Å². The van der Waals surface area contributed by atoms with Crippen molar-refractivity contribution in [1.82, 2.24) is 10.2 Å². The predicted octanol–water partition coefficient (Wildman–Crippen LogP) is 8.31. The fraction of sp³-hybridized carbons (Fsp3) is 0.170. The average molecular weight is 902 g/mol. The van der Waals surface area contributed by atoms with E-state index in [4.69, 9.17) is 5.11 Å². The Hall–Kier alpha value is -8.36. The molecule has 2 heterocycles. The first-order valence-electron chi connectivity index (χ1n) is 21.1. The van der Waals surface area contributed by atoms with Gasteiger partial charge in [-0.05, 0) is 102 Å². The molecule has 1 saturated carbocycles. The average Bonchev–Trinajstić information content (AvgIpc) is 4.19. The lowest BCUT2D eigenvalue weighted by atomic mass is 9.92. The number of carboxylic acid groups (broad SMARTS) is 2. The number of benzene rings is 6. The maximum atomic E-state index is 13.0. The van der Waals surface area contributed by atoms with Gasteiger partial charge in [-0.3, -0.25) is 33.7 Å². The highest BCUT2D eigenvalue weighted by Crippen LogP contribution is 2.34. The van der Waals surface area contributed by atoms with E-state index in [9.17, 15) is 48.6 Å². The van der Waals surface area contributed by atoms with Gasteiger partial charge in [-0.2, -0.15) is 0 Å². The van der Waals surface area contributed by atoms with Gasteiger partial charge in [-0.1, -0.05) is 91.1 Å². The molecular formula is C53H47N3O11. The number of hydrogen-bond acceptors (Lipinski definition) is 9. The molecule has 67 heavy (non-hydrogen) atoms. The molecule has 9 rings (SSSR count). The Labute approximate surface area is 386 Å². The Morgan fingerprint density at radius 2 is 0.910 bits per heavy atom. The molecule has 1 fully saturated rings. The summed E-state index contributed by atoms with van der Waals surface area (Å²) in [7, 11) is 3.84. The highest BCUT2D eigenvalue weighted by atomic mass is 16.4. The van der Waals surface area contributed by atoms with Crippen LogP contribution in [-0.4, -0.2) is 88.7 Å². The topological polar surface area (TPSA) is 216 Å². The minimum Gasteiger partial charge on any atom is -0.478 e. The standard InChI is InChI=1S/C25H21NO6.C24H16N2O4.C3H6.CH4O/c1-14-3-5-15(6-4-14)11-22(27)20-12-16(7-9-18(20)24(29)30)17-8-10-19(25(31)32)21(13-17)23(28)26-2;1-13-3-7-16(8-4-13)26-23(29)18-10-6-15(12-20(18)24(26)30)14-5-9-17-19(11-14)22(28)25(2)21(17)27;1-2-3-1;1-2/h3-10,12-13H,11H2,1-2H3,(H,26,28)(H,29,30)(H,31,32);3-12H,1-2H3;1-3H2;2H,1H3. The van der Waals surface area contributed by atoms with Crippen LogP contribution in [0.4, 0.5) is 5.69 Å². The van der Waals surface area contributed by atoms with Crippen LogP contribution in [-0.2, 0) is 6.42 Å². The van der Waals surface area contributed by atoms with Crippen LogP contribution in [0.15, 0.2) is 121 Å². The second-order valence-electron chi connectivity index (χ2n) is 15.8. The number of aliphatic hydroxyl groups is 1. The van der Waals surface area contributed by atoms with Crippen molar-refractivity contribution in [1.29, 1.82) is 0 Å². The summed E-state index contributed by atoms with van der Waals surface area (Å²) in [6, 6.07) is 33.2. The number of carbonyl (C=O) groups is 8. The number of aliphatic hydroxyl groups excluding tert-OH is 1. The molecule has 0 aromatic heterocycles. The number of nitrogens with zero attached hydrogens (tertiary/aromatic N) is 2. The number of rotatable bonds is 9. The SMILES string of the molecule is C1CC1.CNC(=O)c1cc(-c2ccc(C(=O)O)c(C(=O)Cc3ccc(C)cc3)c2)ccc1C(=O)O.CO.Cc1ccc(N2C(=O)c3ccc(-c4ccc5c(c4)C(=O)N(C)C5=O)cc3C2=O)cc1. The molecule has 14 heteroatoms. The van der Waals surface area contributed by atoms with Crippen LogP contribution in [0.5, 0.6) is 0 Å². The molecular weight excluding hydrogens is 855 g/mol. The fourth-order valence-electron chi connectivity index (χ4n) is 7.25. The van der Waals surface area contributed by atoms with E-state index in [2.05, 4.69) is 5.32 Å². The maximum absolute atomic E-state index is 13.0. The molecule has 6 aromatic rings. The number of aromatic carboxylic acids is 2. The Morgan fingerprint density at radius 1 is 0.507 bits per heavy atom. The number of Topliss-reactive ketones (excluding diaryl/α,β-unsaturated/α-hetero) is 1. The van der Waals surface area contributed by atoms with Crippen molar-refractivity contribution in [3.8, 4) is 22.3 Å². The summed E-state index contributed by atoms with van der Waals surface area (Å²) in [6.07, 6.45) is 4.53. The number of fused-ring (bicyclic) bond motifs is 2. The van der Waals surface area contributed by atoms with E-state index < -0.39 is 17.8 Å². The van der Waals surface area contributed by atoms with Crippen molar-refractivity contribution in [2.45, 2.75) is 39.5 Å². The zero-order valence-corrected chi connectivity index (χ0v) is 37.4. The van der Waals surface area contributed by atoms with Crippen LogP contribution in [0.25, 0.3) is 22.3 Å². The minimum atomic E-state index is -1.25. The summed E-state index contributed by atoms with van der Waals surface area (Å²) < 4.78 is 0. The van der Waals surface area contributed by atoms with Gasteiger partial charge in [0.1, 0.15) is 0 Å². The van der Waals surface area contributed by atoms with Gasteiger partial charge in [0.15, 0.2) is 5.78 Å². The number of imide groups is 2. The number of hydrogen-bond donors (Lipinski definition) is 4. The lowest BCUT2D eigenvalue weighted by Crippen LogP contribution is -2.29. The van der Waals surface area contributed by atoms with Crippen LogP contribution < -0.4 is 10.2 Å². The summed E-state index contributed by atoms with van der Waals surface area (Å²) >= 11 is 0.